The minimum Gasteiger partial charge on any atom is -0.307 e. The van der Waals surface area contributed by atoms with Crippen LogP contribution in [0.2, 0.25) is 0 Å². The molecule has 0 aliphatic carbocycles. The molecular formula is C20H16N2O. The maximum absolute atomic E-state index is 12.8. The second-order valence-corrected chi connectivity index (χ2v) is 5.43. The number of pyridine rings is 1. The van der Waals surface area contributed by atoms with Crippen LogP contribution in [0.15, 0.2) is 71.5 Å². The summed E-state index contributed by atoms with van der Waals surface area (Å²) in [6, 6.07) is 23.3. The molecule has 1 heterocycles. The molecule has 0 radical (unpaired) electrons. The van der Waals surface area contributed by atoms with E-state index in [1.807, 2.05) is 73.7 Å². The molecule has 0 aliphatic rings. The van der Waals surface area contributed by atoms with Crippen molar-refractivity contribution >= 4 is 0 Å². The van der Waals surface area contributed by atoms with Gasteiger partial charge in [-0.05, 0) is 24.1 Å². The highest BCUT2D eigenvalue weighted by atomic mass is 16.1. The minimum atomic E-state index is -0.241. The Morgan fingerprint density at radius 2 is 1.61 bits per heavy atom. The molecule has 3 nitrogen and oxygen atoms in total. The highest BCUT2D eigenvalue weighted by Gasteiger charge is 2.14. The summed E-state index contributed by atoms with van der Waals surface area (Å²) in [6.07, 6.45) is 0. The predicted octanol–water partition coefficient (Wildman–Crippen LogP) is 3.74. The first-order valence-electron chi connectivity index (χ1n) is 7.44. The molecule has 23 heavy (non-hydrogen) atoms. The number of hydrogen-bond acceptors (Lipinski definition) is 2. The standard InChI is InChI=1S/C20H16N2O/c1-15-12-18(17-10-6-3-7-11-17)19(13-21)20(23)22(15)14-16-8-4-2-5-9-16/h2-12H,14H2,1H3. The van der Waals surface area contributed by atoms with Gasteiger partial charge in [-0.3, -0.25) is 4.79 Å². The molecule has 0 spiro atoms. The molecule has 3 rings (SSSR count). The topological polar surface area (TPSA) is 45.8 Å². The maximum Gasteiger partial charge on any atom is 0.269 e. The largest absolute Gasteiger partial charge is 0.307 e. The van der Waals surface area contributed by atoms with Crippen LogP contribution in [-0.4, -0.2) is 4.57 Å². The predicted molar refractivity (Wildman–Crippen MR) is 91.1 cm³/mol. The lowest BCUT2D eigenvalue weighted by Crippen LogP contribution is -2.26. The number of rotatable bonds is 3. The zero-order valence-corrected chi connectivity index (χ0v) is 12.9. The number of aromatic nitrogens is 1. The van der Waals surface area contributed by atoms with Gasteiger partial charge in [-0.2, -0.15) is 5.26 Å². The third-order valence-corrected chi connectivity index (χ3v) is 3.89. The summed E-state index contributed by atoms with van der Waals surface area (Å²) in [6.45, 7) is 2.37. The molecular weight excluding hydrogens is 284 g/mol. The Balaban J connectivity index is 2.15. The third-order valence-electron chi connectivity index (χ3n) is 3.89. The van der Waals surface area contributed by atoms with Gasteiger partial charge in [0.2, 0.25) is 0 Å². The Bertz CT molecular complexity index is 920. The SMILES string of the molecule is Cc1cc(-c2ccccc2)c(C#N)c(=O)n1Cc1ccccc1. The monoisotopic (exact) mass is 300 g/mol. The second kappa shape index (κ2) is 6.33. The molecule has 112 valence electrons. The number of hydrogen-bond donors (Lipinski definition) is 0. The number of nitriles is 1. The number of aryl methyl sites for hydroxylation is 1. The summed E-state index contributed by atoms with van der Waals surface area (Å²) in [7, 11) is 0. The molecule has 2 aromatic carbocycles. The highest BCUT2D eigenvalue weighted by molar-refractivity contribution is 5.70. The van der Waals surface area contributed by atoms with Gasteiger partial charge in [0.15, 0.2) is 0 Å². The van der Waals surface area contributed by atoms with E-state index in [1.54, 1.807) is 4.57 Å². The minimum absolute atomic E-state index is 0.192. The van der Waals surface area contributed by atoms with Crippen molar-refractivity contribution in [1.29, 1.82) is 5.26 Å². The molecule has 0 amide bonds. The lowest BCUT2D eigenvalue weighted by atomic mass is 10.0. The molecule has 0 unspecified atom stereocenters. The first kappa shape index (κ1) is 14.8. The Kier molecular flexibility index (Phi) is 4.07. The summed E-state index contributed by atoms with van der Waals surface area (Å²) in [4.78, 5) is 12.8. The van der Waals surface area contributed by atoms with Gasteiger partial charge in [0.05, 0.1) is 6.54 Å². The van der Waals surface area contributed by atoms with Crippen molar-refractivity contribution in [3.8, 4) is 17.2 Å². The van der Waals surface area contributed by atoms with E-state index in [1.165, 1.54) is 0 Å². The van der Waals surface area contributed by atoms with Crippen LogP contribution in [0.5, 0.6) is 0 Å². The Morgan fingerprint density at radius 3 is 2.22 bits per heavy atom. The molecule has 0 saturated carbocycles. The lowest BCUT2D eigenvalue weighted by Gasteiger charge is -2.13. The van der Waals surface area contributed by atoms with Crippen molar-refractivity contribution < 1.29 is 0 Å². The normalized spacial score (nSPS) is 10.3. The van der Waals surface area contributed by atoms with Crippen LogP contribution in [0, 0.1) is 18.3 Å². The van der Waals surface area contributed by atoms with Crippen molar-refractivity contribution in [3.63, 3.8) is 0 Å². The average molecular weight is 300 g/mol. The lowest BCUT2D eigenvalue weighted by molar-refractivity contribution is 0.728. The molecule has 0 saturated heterocycles. The van der Waals surface area contributed by atoms with Gasteiger partial charge < -0.3 is 4.57 Å². The first-order chi connectivity index (χ1) is 11.2. The van der Waals surface area contributed by atoms with E-state index in [0.29, 0.717) is 12.1 Å². The van der Waals surface area contributed by atoms with E-state index in [2.05, 4.69) is 6.07 Å². The highest BCUT2D eigenvalue weighted by Crippen LogP contribution is 2.22. The Morgan fingerprint density at radius 1 is 1.00 bits per heavy atom. The summed E-state index contributed by atoms with van der Waals surface area (Å²) in [5.74, 6) is 0. The van der Waals surface area contributed by atoms with E-state index < -0.39 is 0 Å². The van der Waals surface area contributed by atoms with Crippen molar-refractivity contribution in [1.82, 2.24) is 4.57 Å². The Labute approximate surface area is 135 Å². The van der Waals surface area contributed by atoms with Crippen LogP contribution in [-0.2, 0) is 6.54 Å². The first-order valence-corrected chi connectivity index (χ1v) is 7.44. The maximum atomic E-state index is 12.8. The van der Waals surface area contributed by atoms with E-state index in [9.17, 15) is 10.1 Å². The van der Waals surface area contributed by atoms with E-state index in [-0.39, 0.29) is 11.1 Å². The summed E-state index contributed by atoms with van der Waals surface area (Å²) >= 11 is 0. The van der Waals surface area contributed by atoms with Gasteiger partial charge >= 0.3 is 0 Å². The van der Waals surface area contributed by atoms with Crippen LogP contribution in [0.3, 0.4) is 0 Å². The van der Waals surface area contributed by atoms with Crippen molar-refractivity contribution in [2.75, 3.05) is 0 Å². The van der Waals surface area contributed by atoms with Crippen LogP contribution >= 0.6 is 0 Å². The Hall–Kier alpha value is -3.12. The van der Waals surface area contributed by atoms with Crippen LogP contribution in [0.1, 0.15) is 16.8 Å². The fourth-order valence-corrected chi connectivity index (χ4v) is 2.69. The van der Waals surface area contributed by atoms with Crippen LogP contribution < -0.4 is 5.56 Å². The molecule has 1 aromatic heterocycles. The van der Waals surface area contributed by atoms with Gasteiger partial charge in [-0.25, -0.2) is 0 Å². The van der Waals surface area contributed by atoms with Crippen molar-refractivity contribution in [3.05, 3.63) is 93.9 Å². The number of nitrogens with zero attached hydrogens (tertiary/aromatic N) is 2. The average Bonchev–Trinajstić information content (AvgIpc) is 2.60. The summed E-state index contributed by atoms with van der Waals surface area (Å²) in [5, 5.41) is 9.48. The smallest absolute Gasteiger partial charge is 0.269 e. The molecule has 0 atom stereocenters. The zero-order valence-electron chi connectivity index (χ0n) is 12.9. The summed E-state index contributed by atoms with van der Waals surface area (Å²) in [5.41, 5.74) is 3.41. The molecule has 3 aromatic rings. The fraction of sp³-hybridized carbons (Fsp3) is 0.100. The van der Waals surface area contributed by atoms with Gasteiger partial charge in [0, 0.05) is 11.3 Å². The van der Waals surface area contributed by atoms with E-state index in [0.717, 1.165) is 16.8 Å². The van der Waals surface area contributed by atoms with Crippen LogP contribution in [0.4, 0.5) is 0 Å². The van der Waals surface area contributed by atoms with Gasteiger partial charge in [-0.15, -0.1) is 0 Å². The molecule has 0 bridgehead atoms. The van der Waals surface area contributed by atoms with Crippen LogP contribution in [0.25, 0.3) is 11.1 Å². The van der Waals surface area contributed by atoms with E-state index >= 15 is 0 Å². The molecule has 0 fully saturated rings. The molecule has 0 N–H and O–H groups in total. The van der Waals surface area contributed by atoms with Gasteiger partial charge in [-0.1, -0.05) is 60.7 Å². The molecule has 3 heteroatoms. The van der Waals surface area contributed by atoms with Crippen molar-refractivity contribution in [2.24, 2.45) is 0 Å². The quantitative estimate of drug-likeness (QED) is 0.739. The summed E-state index contributed by atoms with van der Waals surface area (Å²) < 4.78 is 1.65. The van der Waals surface area contributed by atoms with E-state index in [4.69, 9.17) is 0 Å². The number of benzene rings is 2. The second-order valence-electron chi connectivity index (χ2n) is 5.43. The zero-order chi connectivity index (χ0) is 16.2. The van der Waals surface area contributed by atoms with Gasteiger partial charge in [0.25, 0.3) is 5.56 Å². The van der Waals surface area contributed by atoms with Gasteiger partial charge in [0.1, 0.15) is 11.6 Å². The van der Waals surface area contributed by atoms with Crippen molar-refractivity contribution in [2.45, 2.75) is 13.5 Å². The third kappa shape index (κ3) is 2.93. The molecule has 0 aliphatic heterocycles. The fourth-order valence-electron chi connectivity index (χ4n) is 2.69.